The Morgan fingerprint density at radius 1 is 1.37 bits per heavy atom. The predicted octanol–water partition coefficient (Wildman–Crippen LogP) is 1.79. The minimum absolute atomic E-state index is 0.180. The van der Waals surface area contributed by atoms with Gasteiger partial charge < -0.3 is 5.11 Å². The molecule has 1 aromatic rings. The summed E-state index contributed by atoms with van der Waals surface area (Å²) in [5.74, 6) is -1.85. The van der Waals surface area contributed by atoms with E-state index in [-0.39, 0.29) is 13.0 Å². The first-order chi connectivity index (χ1) is 8.74. The summed E-state index contributed by atoms with van der Waals surface area (Å²) in [7, 11) is -4.18. The van der Waals surface area contributed by atoms with Gasteiger partial charge in [0, 0.05) is 12.1 Å². The van der Waals surface area contributed by atoms with Crippen LogP contribution in [0.4, 0.5) is 8.78 Å². The Morgan fingerprint density at radius 2 is 2.00 bits per heavy atom. The van der Waals surface area contributed by atoms with Gasteiger partial charge in [-0.05, 0) is 38.0 Å². The highest BCUT2D eigenvalue weighted by molar-refractivity contribution is 7.89. The lowest BCUT2D eigenvalue weighted by Crippen LogP contribution is -2.46. The van der Waals surface area contributed by atoms with Crippen LogP contribution in [0.15, 0.2) is 23.1 Å². The molecule has 0 amide bonds. The summed E-state index contributed by atoms with van der Waals surface area (Å²) in [5, 5.41) is 8.93. The fourth-order valence-electron chi connectivity index (χ4n) is 1.61. The monoisotopic (exact) mass is 293 g/mol. The standard InChI is InChI=1S/C12H17F2NO3S/c1-3-12(2,6-7-16)15-19(17,18)11-8-9(13)4-5-10(11)14/h4-5,8,15-16H,3,6-7H2,1-2H3. The molecule has 108 valence electrons. The lowest BCUT2D eigenvalue weighted by molar-refractivity contribution is 0.233. The van der Waals surface area contributed by atoms with Gasteiger partial charge in [0.2, 0.25) is 10.0 Å². The second kappa shape index (κ2) is 5.94. The number of aliphatic hydroxyl groups excluding tert-OH is 1. The zero-order valence-electron chi connectivity index (χ0n) is 10.8. The summed E-state index contributed by atoms with van der Waals surface area (Å²) in [4.78, 5) is -0.731. The van der Waals surface area contributed by atoms with Crippen molar-refractivity contribution in [2.75, 3.05) is 6.61 Å². The van der Waals surface area contributed by atoms with Gasteiger partial charge in [-0.1, -0.05) is 6.92 Å². The minimum atomic E-state index is -4.18. The molecule has 0 saturated heterocycles. The Hall–Kier alpha value is -1.05. The molecule has 7 heteroatoms. The van der Waals surface area contributed by atoms with Crippen LogP contribution in [0.1, 0.15) is 26.7 Å². The second-order valence-electron chi connectivity index (χ2n) is 4.57. The van der Waals surface area contributed by atoms with Gasteiger partial charge in [0.1, 0.15) is 16.5 Å². The summed E-state index contributed by atoms with van der Waals surface area (Å²) in [6.07, 6.45) is 0.587. The molecule has 0 saturated carbocycles. The molecule has 0 heterocycles. The highest BCUT2D eigenvalue weighted by Gasteiger charge is 2.30. The van der Waals surface area contributed by atoms with E-state index in [0.717, 1.165) is 12.1 Å². The van der Waals surface area contributed by atoms with Crippen LogP contribution in [0.3, 0.4) is 0 Å². The van der Waals surface area contributed by atoms with E-state index in [0.29, 0.717) is 12.5 Å². The van der Waals surface area contributed by atoms with Crippen LogP contribution in [0, 0.1) is 11.6 Å². The van der Waals surface area contributed by atoms with E-state index >= 15 is 0 Å². The first kappa shape index (κ1) is 16.0. The smallest absolute Gasteiger partial charge is 0.244 e. The zero-order valence-corrected chi connectivity index (χ0v) is 11.6. The quantitative estimate of drug-likeness (QED) is 0.840. The molecule has 0 fully saturated rings. The fourth-order valence-corrected chi connectivity index (χ4v) is 3.21. The second-order valence-corrected chi connectivity index (χ2v) is 6.22. The maximum atomic E-state index is 13.5. The molecule has 1 unspecified atom stereocenters. The summed E-state index contributed by atoms with van der Waals surface area (Å²) in [5.41, 5.74) is -0.910. The van der Waals surface area contributed by atoms with Gasteiger partial charge in [-0.15, -0.1) is 0 Å². The Balaban J connectivity index is 3.14. The summed E-state index contributed by atoms with van der Waals surface area (Å²) >= 11 is 0. The van der Waals surface area contributed by atoms with Gasteiger partial charge in [0.15, 0.2) is 0 Å². The highest BCUT2D eigenvalue weighted by Crippen LogP contribution is 2.21. The average molecular weight is 293 g/mol. The van der Waals surface area contributed by atoms with Gasteiger partial charge in [0.25, 0.3) is 0 Å². The number of hydrogen-bond acceptors (Lipinski definition) is 3. The van der Waals surface area contributed by atoms with E-state index in [1.807, 2.05) is 0 Å². The van der Waals surface area contributed by atoms with Gasteiger partial charge in [0.05, 0.1) is 0 Å². The summed E-state index contributed by atoms with van der Waals surface area (Å²) in [6, 6.07) is 2.24. The van der Waals surface area contributed by atoms with Gasteiger partial charge in [-0.2, -0.15) is 0 Å². The lowest BCUT2D eigenvalue weighted by atomic mass is 9.97. The highest BCUT2D eigenvalue weighted by atomic mass is 32.2. The van der Waals surface area contributed by atoms with E-state index in [2.05, 4.69) is 4.72 Å². The van der Waals surface area contributed by atoms with Gasteiger partial charge >= 0.3 is 0 Å². The third-order valence-corrected chi connectivity index (χ3v) is 4.66. The normalized spacial score (nSPS) is 15.2. The minimum Gasteiger partial charge on any atom is -0.396 e. The molecule has 1 aromatic carbocycles. The van der Waals surface area contributed by atoms with Crippen molar-refractivity contribution in [1.29, 1.82) is 0 Å². The van der Waals surface area contributed by atoms with Crippen molar-refractivity contribution >= 4 is 10.0 Å². The first-order valence-corrected chi connectivity index (χ1v) is 7.32. The molecule has 0 spiro atoms. The van der Waals surface area contributed by atoms with Crippen LogP contribution in [-0.2, 0) is 10.0 Å². The lowest BCUT2D eigenvalue weighted by Gasteiger charge is -2.28. The summed E-state index contributed by atoms with van der Waals surface area (Å²) < 4.78 is 53.0. The number of sulfonamides is 1. The molecule has 2 N–H and O–H groups in total. The Labute approximate surface area is 111 Å². The van der Waals surface area contributed by atoms with Crippen molar-refractivity contribution < 1.29 is 22.3 Å². The number of nitrogens with one attached hydrogen (secondary N) is 1. The molecule has 19 heavy (non-hydrogen) atoms. The molecule has 4 nitrogen and oxygen atoms in total. The Bertz CT molecular complexity index is 548. The molecule has 0 aliphatic heterocycles. The van der Waals surface area contributed by atoms with Crippen LogP contribution < -0.4 is 4.72 Å². The van der Waals surface area contributed by atoms with Crippen molar-refractivity contribution in [3.63, 3.8) is 0 Å². The third kappa shape index (κ3) is 3.95. The zero-order chi connectivity index (χ0) is 14.7. The van der Waals surface area contributed by atoms with E-state index < -0.39 is 32.1 Å². The third-order valence-electron chi connectivity index (χ3n) is 3.01. The molecule has 1 atom stereocenters. The van der Waals surface area contributed by atoms with Crippen molar-refractivity contribution in [2.24, 2.45) is 0 Å². The number of hydrogen-bond donors (Lipinski definition) is 2. The average Bonchev–Trinajstić information content (AvgIpc) is 2.31. The summed E-state index contributed by atoms with van der Waals surface area (Å²) in [6.45, 7) is 3.12. The maximum Gasteiger partial charge on any atom is 0.244 e. The SMILES string of the molecule is CCC(C)(CCO)NS(=O)(=O)c1cc(F)ccc1F. The van der Waals surface area contributed by atoms with Crippen LogP contribution in [0.5, 0.6) is 0 Å². The largest absolute Gasteiger partial charge is 0.396 e. The van der Waals surface area contributed by atoms with Gasteiger partial charge in [-0.25, -0.2) is 21.9 Å². The number of aliphatic hydroxyl groups is 1. The molecule has 1 rings (SSSR count). The van der Waals surface area contributed by atoms with E-state index in [9.17, 15) is 17.2 Å². The molecule has 0 aromatic heterocycles. The number of halogens is 2. The Morgan fingerprint density at radius 3 is 2.53 bits per heavy atom. The molecular weight excluding hydrogens is 276 g/mol. The molecule has 0 aliphatic rings. The van der Waals surface area contributed by atoms with Crippen LogP contribution >= 0.6 is 0 Å². The topological polar surface area (TPSA) is 66.4 Å². The molecule has 0 radical (unpaired) electrons. The van der Waals surface area contributed by atoms with E-state index in [4.69, 9.17) is 5.11 Å². The van der Waals surface area contributed by atoms with E-state index in [1.165, 1.54) is 0 Å². The van der Waals surface area contributed by atoms with E-state index in [1.54, 1.807) is 13.8 Å². The Kier molecular flexibility index (Phi) is 5.00. The number of rotatable bonds is 6. The van der Waals surface area contributed by atoms with Crippen LogP contribution in [0.25, 0.3) is 0 Å². The molecular formula is C12H17F2NO3S. The van der Waals surface area contributed by atoms with Crippen molar-refractivity contribution in [2.45, 2.75) is 37.1 Å². The predicted molar refractivity (Wildman–Crippen MR) is 67.1 cm³/mol. The molecule has 0 bridgehead atoms. The van der Waals surface area contributed by atoms with Crippen molar-refractivity contribution in [3.05, 3.63) is 29.8 Å². The first-order valence-electron chi connectivity index (χ1n) is 5.84. The molecule has 0 aliphatic carbocycles. The van der Waals surface area contributed by atoms with Gasteiger partial charge in [-0.3, -0.25) is 0 Å². The van der Waals surface area contributed by atoms with Crippen molar-refractivity contribution in [1.82, 2.24) is 4.72 Å². The maximum absolute atomic E-state index is 13.5. The van der Waals surface area contributed by atoms with Crippen LogP contribution in [0.2, 0.25) is 0 Å². The fraction of sp³-hybridized carbons (Fsp3) is 0.500. The van der Waals surface area contributed by atoms with Crippen molar-refractivity contribution in [3.8, 4) is 0 Å². The van der Waals surface area contributed by atoms with Crippen LogP contribution in [-0.4, -0.2) is 25.7 Å². The number of benzene rings is 1.